The molecular weight excluding hydrogens is 320 g/mol. The molecule has 1 aliphatic heterocycles. The van der Waals surface area contributed by atoms with Gasteiger partial charge in [0.2, 0.25) is 6.10 Å². The maximum absolute atomic E-state index is 12.4. The van der Waals surface area contributed by atoms with Gasteiger partial charge in [-0.2, -0.15) is 0 Å². The van der Waals surface area contributed by atoms with E-state index in [0.717, 1.165) is 12.8 Å². The number of hydrogen-bond donors (Lipinski definition) is 2. The smallest absolute Gasteiger partial charge is 0.269 e. The highest BCUT2D eigenvalue weighted by Gasteiger charge is 2.28. The molecule has 2 N–H and O–H groups in total. The van der Waals surface area contributed by atoms with Gasteiger partial charge >= 0.3 is 0 Å². The van der Waals surface area contributed by atoms with Crippen molar-refractivity contribution in [2.45, 2.75) is 25.0 Å². The predicted octanol–water partition coefficient (Wildman–Crippen LogP) is 2.36. The number of carbonyl (C=O) groups is 2. The first-order valence-electron chi connectivity index (χ1n) is 8.29. The molecule has 2 amide bonds. The van der Waals surface area contributed by atoms with Gasteiger partial charge in [-0.15, -0.1) is 0 Å². The highest BCUT2D eigenvalue weighted by atomic mass is 16.6. The fourth-order valence-electron chi connectivity index (χ4n) is 2.61. The molecule has 6 nitrogen and oxygen atoms in total. The molecule has 0 aromatic heterocycles. The second-order valence-corrected chi connectivity index (χ2v) is 6.18. The van der Waals surface area contributed by atoms with Crippen molar-refractivity contribution >= 4 is 17.5 Å². The minimum absolute atomic E-state index is 0.121. The SMILES string of the molecule is O=C(NC1CC1)c1cccc(NC(=O)[C@@H]2COc3ccccc3O2)c1. The lowest BCUT2D eigenvalue weighted by Gasteiger charge is -2.25. The van der Waals surface area contributed by atoms with E-state index in [9.17, 15) is 9.59 Å². The molecule has 1 fully saturated rings. The molecule has 25 heavy (non-hydrogen) atoms. The molecular formula is C19H18N2O4. The molecule has 2 aromatic carbocycles. The number of ether oxygens (including phenoxy) is 2. The van der Waals surface area contributed by atoms with Crippen LogP contribution in [-0.4, -0.2) is 30.6 Å². The topological polar surface area (TPSA) is 76.7 Å². The zero-order valence-corrected chi connectivity index (χ0v) is 13.5. The summed E-state index contributed by atoms with van der Waals surface area (Å²) >= 11 is 0. The molecule has 2 aromatic rings. The standard InChI is InChI=1S/C19H18N2O4/c22-18(20-13-8-9-13)12-4-3-5-14(10-12)21-19(23)17-11-24-15-6-1-2-7-16(15)25-17/h1-7,10,13,17H,8-9,11H2,(H,20,22)(H,21,23)/t17-/m0/s1. The lowest BCUT2D eigenvalue weighted by atomic mass is 10.1. The van der Waals surface area contributed by atoms with E-state index >= 15 is 0 Å². The van der Waals surface area contributed by atoms with Gasteiger partial charge in [0, 0.05) is 17.3 Å². The number of anilines is 1. The van der Waals surface area contributed by atoms with Crippen LogP contribution in [0, 0.1) is 0 Å². The first-order valence-corrected chi connectivity index (χ1v) is 8.29. The number of hydrogen-bond acceptors (Lipinski definition) is 4. The average Bonchev–Trinajstić information content (AvgIpc) is 3.45. The molecule has 2 aliphatic rings. The van der Waals surface area contributed by atoms with Crippen LogP contribution in [0.15, 0.2) is 48.5 Å². The minimum atomic E-state index is -0.737. The van der Waals surface area contributed by atoms with E-state index < -0.39 is 6.10 Å². The van der Waals surface area contributed by atoms with E-state index in [4.69, 9.17) is 9.47 Å². The Balaban J connectivity index is 1.42. The minimum Gasteiger partial charge on any atom is -0.485 e. The van der Waals surface area contributed by atoms with Gasteiger partial charge in [0.25, 0.3) is 11.8 Å². The third-order valence-electron chi connectivity index (χ3n) is 4.11. The molecule has 1 atom stereocenters. The van der Waals surface area contributed by atoms with Crippen molar-refractivity contribution < 1.29 is 19.1 Å². The summed E-state index contributed by atoms with van der Waals surface area (Å²) < 4.78 is 11.2. The maximum atomic E-state index is 12.4. The predicted molar refractivity (Wildman–Crippen MR) is 91.9 cm³/mol. The van der Waals surface area contributed by atoms with Crippen LogP contribution in [0.3, 0.4) is 0 Å². The van der Waals surface area contributed by atoms with Crippen molar-refractivity contribution in [1.82, 2.24) is 5.32 Å². The van der Waals surface area contributed by atoms with Crippen LogP contribution in [0.1, 0.15) is 23.2 Å². The van der Waals surface area contributed by atoms with Crippen LogP contribution >= 0.6 is 0 Å². The van der Waals surface area contributed by atoms with Crippen molar-refractivity contribution in [3.8, 4) is 11.5 Å². The van der Waals surface area contributed by atoms with E-state index in [0.29, 0.717) is 28.8 Å². The van der Waals surface area contributed by atoms with E-state index in [1.807, 2.05) is 12.1 Å². The molecule has 0 unspecified atom stereocenters. The van der Waals surface area contributed by atoms with Gasteiger partial charge in [0.15, 0.2) is 11.5 Å². The lowest BCUT2D eigenvalue weighted by molar-refractivity contribution is -0.125. The first kappa shape index (κ1) is 15.5. The molecule has 1 saturated carbocycles. The monoisotopic (exact) mass is 338 g/mol. The Kier molecular flexibility index (Phi) is 4.01. The van der Waals surface area contributed by atoms with Gasteiger partial charge in [-0.3, -0.25) is 9.59 Å². The Hall–Kier alpha value is -3.02. The van der Waals surface area contributed by atoms with Crippen molar-refractivity contribution in [2.24, 2.45) is 0 Å². The van der Waals surface area contributed by atoms with E-state index in [1.54, 1.807) is 36.4 Å². The quantitative estimate of drug-likeness (QED) is 0.897. The van der Waals surface area contributed by atoms with E-state index in [-0.39, 0.29) is 18.4 Å². The zero-order valence-electron chi connectivity index (χ0n) is 13.5. The zero-order chi connectivity index (χ0) is 17.2. The first-order chi connectivity index (χ1) is 12.2. The summed E-state index contributed by atoms with van der Waals surface area (Å²) in [6.45, 7) is 0.144. The Morgan fingerprint density at radius 1 is 1.00 bits per heavy atom. The van der Waals surface area contributed by atoms with Crippen molar-refractivity contribution in [3.63, 3.8) is 0 Å². The summed E-state index contributed by atoms with van der Waals surface area (Å²) in [6.07, 6.45) is 1.32. The highest BCUT2D eigenvalue weighted by molar-refractivity contribution is 5.98. The van der Waals surface area contributed by atoms with Gasteiger partial charge in [-0.25, -0.2) is 0 Å². The lowest BCUT2D eigenvalue weighted by Crippen LogP contribution is -2.40. The maximum Gasteiger partial charge on any atom is 0.269 e. The summed E-state index contributed by atoms with van der Waals surface area (Å²) in [5, 5.41) is 5.71. The second-order valence-electron chi connectivity index (χ2n) is 6.18. The van der Waals surface area contributed by atoms with Crippen LogP contribution in [-0.2, 0) is 4.79 Å². The summed E-state index contributed by atoms with van der Waals surface area (Å²) in [6, 6.07) is 14.4. The molecule has 0 spiro atoms. The Morgan fingerprint density at radius 3 is 2.60 bits per heavy atom. The van der Waals surface area contributed by atoms with Crippen LogP contribution in [0.5, 0.6) is 11.5 Å². The molecule has 0 bridgehead atoms. The van der Waals surface area contributed by atoms with Gasteiger partial charge in [0.05, 0.1) is 0 Å². The Labute approximate surface area is 145 Å². The summed E-state index contributed by atoms with van der Waals surface area (Å²) in [7, 11) is 0. The second kappa shape index (κ2) is 6.47. The van der Waals surface area contributed by atoms with Gasteiger partial charge in [0.1, 0.15) is 6.61 Å². The van der Waals surface area contributed by atoms with Crippen molar-refractivity contribution in [1.29, 1.82) is 0 Å². The van der Waals surface area contributed by atoms with Gasteiger partial charge in [-0.1, -0.05) is 18.2 Å². The fourth-order valence-corrected chi connectivity index (χ4v) is 2.61. The van der Waals surface area contributed by atoms with E-state index in [2.05, 4.69) is 10.6 Å². The largest absolute Gasteiger partial charge is 0.485 e. The molecule has 0 radical (unpaired) electrons. The number of carbonyl (C=O) groups excluding carboxylic acids is 2. The van der Waals surface area contributed by atoms with Crippen LogP contribution in [0.25, 0.3) is 0 Å². The van der Waals surface area contributed by atoms with Crippen LogP contribution < -0.4 is 20.1 Å². The van der Waals surface area contributed by atoms with Crippen molar-refractivity contribution in [2.75, 3.05) is 11.9 Å². The number of fused-ring (bicyclic) bond motifs is 1. The number of rotatable bonds is 4. The normalized spacial score (nSPS) is 18.3. The molecule has 0 saturated heterocycles. The Morgan fingerprint density at radius 2 is 1.80 bits per heavy atom. The van der Waals surface area contributed by atoms with Crippen molar-refractivity contribution in [3.05, 3.63) is 54.1 Å². The fraction of sp³-hybridized carbons (Fsp3) is 0.263. The third-order valence-corrected chi connectivity index (χ3v) is 4.11. The summed E-state index contributed by atoms with van der Waals surface area (Å²) in [5.74, 6) is 0.746. The number of benzene rings is 2. The number of nitrogens with one attached hydrogen (secondary N) is 2. The van der Waals surface area contributed by atoms with E-state index in [1.165, 1.54) is 0 Å². The third kappa shape index (κ3) is 3.57. The molecule has 1 heterocycles. The highest BCUT2D eigenvalue weighted by Crippen LogP contribution is 2.31. The van der Waals surface area contributed by atoms with Crippen LogP contribution in [0.4, 0.5) is 5.69 Å². The summed E-state index contributed by atoms with van der Waals surface area (Å²) in [4.78, 5) is 24.5. The van der Waals surface area contributed by atoms with Crippen LogP contribution in [0.2, 0.25) is 0 Å². The summed E-state index contributed by atoms with van der Waals surface area (Å²) in [5.41, 5.74) is 1.08. The molecule has 1 aliphatic carbocycles. The number of amides is 2. The molecule has 4 rings (SSSR count). The molecule has 128 valence electrons. The number of para-hydroxylation sites is 2. The average molecular weight is 338 g/mol. The Bertz CT molecular complexity index is 817. The van der Waals surface area contributed by atoms with Gasteiger partial charge in [-0.05, 0) is 43.2 Å². The molecule has 6 heteroatoms. The van der Waals surface area contributed by atoms with Gasteiger partial charge < -0.3 is 20.1 Å².